The fourth-order valence-electron chi connectivity index (χ4n) is 4.07. The number of likely N-dealkylation sites (tertiary alicyclic amines) is 1. The highest BCUT2D eigenvalue weighted by molar-refractivity contribution is 6.46. The van der Waals surface area contributed by atoms with Crippen LogP contribution in [0.1, 0.15) is 43.6 Å². The van der Waals surface area contributed by atoms with Crippen LogP contribution >= 0.6 is 0 Å². The van der Waals surface area contributed by atoms with E-state index in [2.05, 4.69) is 4.98 Å². The standard InChI is InChI=1S/C24H26N2O5/c1-14(2)30-11-10-26-21(18-6-4-5-9-25-18)20(23(28)24(26)29)22(27)16-7-8-19-17(13-16)12-15(3)31-19/h4-9,13-15,21,27H,10-12H2,1-3H3/b22-20-. The monoisotopic (exact) mass is 422 g/mol. The molecule has 1 amide bonds. The first-order chi connectivity index (χ1) is 14.9. The lowest BCUT2D eigenvalue weighted by Gasteiger charge is -2.24. The minimum Gasteiger partial charge on any atom is -0.507 e. The number of aliphatic hydroxyl groups is 1. The molecule has 2 atom stereocenters. The summed E-state index contributed by atoms with van der Waals surface area (Å²) in [6, 6.07) is 9.84. The summed E-state index contributed by atoms with van der Waals surface area (Å²) >= 11 is 0. The molecule has 162 valence electrons. The summed E-state index contributed by atoms with van der Waals surface area (Å²) in [6.07, 6.45) is 2.39. The number of carbonyl (C=O) groups excluding carboxylic acids is 2. The molecular weight excluding hydrogens is 396 g/mol. The number of ether oxygens (including phenoxy) is 2. The van der Waals surface area contributed by atoms with Crippen molar-refractivity contribution in [1.29, 1.82) is 0 Å². The van der Waals surface area contributed by atoms with E-state index in [-0.39, 0.29) is 36.7 Å². The Morgan fingerprint density at radius 1 is 1.29 bits per heavy atom. The fraction of sp³-hybridized carbons (Fsp3) is 0.375. The summed E-state index contributed by atoms with van der Waals surface area (Å²) in [6.45, 7) is 6.29. The molecule has 3 heterocycles. The molecule has 1 N–H and O–H groups in total. The van der Waals surface area contributed by atoms with Gasteiger partial charge in [-0.25, -0.2) is 0 Å². The van der Waals surface area contributed by atoms with Crippen molar-refractivity contribution in [3.05, 3.63) is 65.0 Å². The molecule has 2 unspecified atom stereocenters. The Bertz CT molecular complexity index is 1030. The first-order valence-electron chi connectivity index (χ1n) is 10.5. The van der Waals surface area contributed by atoms with E-state index in [9.17, 15) is 14.7 Å². The lowest BCUT2D eigenvalue weighted by Crippen LogP contribution is -2.33. The molecule has 0 radical (unpaired) electrons. The lowest BCUT2D eigenvalue weighted by atomic mass is 9.97. The molecule has 2 aliphatic heterocycles. The largest absolute Gasteiger partial charge is 0.507 e. The van der Waals surface area contributed by atoms with E-state index in [1.165, 1.54) is 4.90 Å². The van der Waals surface area contributed by atoms with Crippen LogP contribution in [0, 0.1) is 0 Å². The quantitative estimate of drug-likeness (QED) is 0.437. The third-order valence-corrected chi connectivity index (χ3v) is 5.46. The Morgan fingerprint density at radius 3 is 2.81 bits per heavy atom. The van der Waals surface area contributed by atoms with Crippen molar-refractivity contribution in [2.75, 3.05) is 13.2 Å². The number of Topliss-reactive ketones (excluding diaryl/α,β-unsaturated/α-hetero) is 1. The third-order valence-electron chi connectivity index (χ3n) is 5.46. The Labute approximate surface area is 181 Å². The topological polar surface area (TPSA) is 89.0 Å². The minimum absolute atomic E-state index is 0.00106. The highest BCUT2D eigenvalue weighted by Gasteiger charge is 2.46. The van der Waals surface area contributed by atoms with E-state index >= 15 is 0 Å². The summed E-state index contributed by atoms with van der Waals surface area (Å²) in [5.74, 6) is -0.814. The Morgan fingerprint density at radius 2 is 2.10 bits per heavy atom. The van der Waals surface area contributed by atoms with Crippen LogP contribution in [0.15, 0.2) is 48.2 Å². The number of ketones is 1. The number of benzene rings is 1. The van der Waals surface area contributed by atoms with Gasteiger partial charge >= 0.3 is 0 Å². The second-order valence-electron chi connectivity index (χ2n) is 8.12. The van der Waals surface area contributed by atoms with Gasteiger partial charge in [0, 0.05) is 24.7 Å². The van der Waals surface area contributed by atoms with Crippen LogP contribution < -0.4 is 4.74 Å². The van der Waals surface area contributed by atoms with Crippen molar-refractivity contribution >= 4 is 17.4 Å². The lowest BCUT2D eigenvalue weighted by molar-refractivity contribution is -0.140. The second-order valence-corrected chi connectivity index (χ2v) is 8.12. The first-order valence-corrected chi connectivity index (χ1v) is 10.5. The summed E-state index contributed by atoms with van der Waals surface area (Å²) in [5.41, 5.74) is 2.00. The normalized spacial score (nSPS) is 22.1. The van der Waals surface area contributed by atoms with Gasteiger partial charge in [0.05, 0.1) is 24.0 Å². The van der Waals surface area contributed by atoms with Gasteiger partial charge in [-0.3, -0.25) is 14.6 Å². The van der Waals surface area contributed by atoms with E-state index < -0.39 is 17.7 Å². The first kappa shape index (κ1) is 21.1. The van der Waals surface area contributed by atoms with Gasteiger partial charge in [0.15, 0.2) is 0 Å². The number of amides is 1. The van der Waals surface area contributed by atoms with E-state index in [1.807, 2.05) is 26.8 Å². The SMILES string of the molecule is CC(C)OCCN1C(=O)C(=O)/C(=C(\O)c2ccc3c(c2)CC(C)O3)C1c1ccccn1. The van der Waals surface area contributed by atoms with Crippen LogP contribution in [0.5, 0.6) is 5.75 Å². The molecule has 0 spiro atoms. The van der Waals surface area contributed by atoms with Crippen molar-refractivity contribution in [1.82, 2.24) is 9.88 Å². The molecule has 0 aliphatic carbocycles. The summed E-state index contributed by atoms with van der Waals surface area (Å²) < 4.78 is 11.3. The van der Waals surface area contributed by atoms with Gasteiger partial charge in [0.25, 0.3) is 11.7 Å². The number of fused-ring (bicyclic) bond motifs is 1. The van der Waals surface area contributed by atoms with Crippen LogP contribution in [0.3, 0.4) is 0 Å². The third kappa shape index (κ3) is 4.05. The smallest absolute Gasteiger partial charge is 0.295 e. The van der Waals surface area contributed by atoms with Crippen molar-refractivity contribution in [2.24, 2.45) is 0 Å². The van der Waals surface area contributed by atoms with E-state index in [4.69, 9.17) is 9.47 Å². The van der Waals surface area contributed by atoms with Crippen LogP contribution in [0.2, 0.25) is 0 Å². The zero-order valence-electron chi connectivity index (χ0n) is 17.9. The average molecular weight is 422 g/mol. The number of aliphatic hydroxyl groups excluding tert-OH is 1. The predicted octanol–water partition coefficient (Wildman–Crippen LogP) is 3.25. The Hall–Kier alpha value is -3.19. The number of nitrogens with zero attached hydrogens (tertiary/aromatic N) is 2. The highest BCUT2D eigenvalue weighted by Crippen LogP contribution is 2.39. The number of aromatic nitrogens is 1. The summed E-state index contributed by atoms with van der Waals surface area (Å²) in [4.78, 5) is 31.7. The maximum absolute atomic E-state index is 13.0. The van der Waals surface area contributed by atoms with Gasteiger partial charge in [-0.1, -0.05) is 6.07 Å². The second kappa shape index (κ2) is 8.51. The molecule has 31 heavy (non-hydrogen) atoms. The van der Waals surface area contributed by atoms with Crippen molar-refractivity contribution in [2.45, 2.75) is 45.4 Å². The van der Waals surface area contributed by atoms with E-state index in [0.29, 0.717) is 11.3 Å². The van der Waals surface area contributed by atoms with Crippen LogP contribution in [-0.2, 0) is 20.7 Å². The minimum atomic E-state index is -0.777. The summed E-state index contributed by atoms with van der Waals surface area (Å²) in [5, 5.41) is 11.1. The van der Waals surface area contributed by atoms with Crippen molar-refractivity contribution < 1.29 is 24.2 Å². The maximum Gasteiger partial charge on any atom is 0.295 e. The van der Waals surface area contributed by atoms with Crippen molar-refractivity contribution in [3.8, 4) is 5.75 Å². The molecule has 1 aromatic carbocycles. The Balaban J connectivity index is 1.76. The number of hydrogen-bond donors (Lipinski definition) is 1. The predicted molar refractivity (Wildman–Crippen MR) is 115 cm³/mol. The molecule has 2 aliphatic rings. The molecular formula is C24H26N2O5. The molecule has 1 aromatic heterocycles. The molecule has 7 heteroatoms. The number of pyridine rings is 1. The molecule has 1 saturated heterocycles. The van der Waals surface area contributed by atoms with Gasteiger partial charge in [-0.2, -0.15) is 0 Å². The van der Waals surface area contributed by atoms with Crippen LogP contribution in [-0.4, -0.2) is 52.0 Å². The zero-order chi connectivity index (χ0) is 22.1. The molecule has 7 nitrogen and oxygen atoms in total. The fourth-order valence-corrected chi connectivity index (χ4v) is 4.07. The van der Waals surface area contributed by atoms with Gasteiger partial charge in [0.1, 0.15) is 23.7 Å². The number of rotatable bonds is 6. The van der Waals surface area contributed by atoms with E-state index in [1.54, 1.807) is 36.5 Å². The molecule has 0 saturated carbocycles. The number of carbonyl (C=O) groups is 2. The van der Waals surface area contributed by atoms with E-state index in [0.717, 1.165) is 17.7 Å². The number of hydrogen-bond acceptors (Lipinski definition) is 6. The maximum atomic E-state index is 13.0. The Kier molecular flexibility index (Phi) is 5.78. The van der Waals surface area contributed by atoms with Gasteiger partial charge in [0.2, 0.25) is 0 Å². The van der Waals surface area contributed by atoms with Gasteiger partial charge < -0.3 is 19.5 Å². The highest BCUT2D eigenvalue weighted by atomic mass is 16.5. The van der Waals surface area contributed by atoms with Gasteiger partial charge in [-0.15, -0.1) is 0 Å². The van der Waals surface area contributed by atoms with Gasteiger partial charge in [-0.05, 0) is 56.7 Å². The summed E-state index contributed by atoms with van der Waals surface area (Å²) in [7, 11) is 0. The van der Waals surface area contributed by atoms with Crippen molar-refractivity contribution in [3.63, 3.8) is 0 Å². The molecule has 2 aromatic rings. The van der Waals surface area contributed by atoms with Crippen LogP contribution in [0.25, 0.3) is 5.76 Å². The zero-order valence-corrected chi connectivity index (χ0v) is 17.9. The molecule has 1 fully saturated rings. The molecule has 4 rings (SSSR count). The van der Waals surface area contributed by atoms with Crippen LogP contribution in [0.4, 0.5) is 0 Å². The average Bonchev–Trinajstić information content (AvgIpc) is 3.24. The molecule has 0 bridgehead atoms.